The number of halogens is 2. The molecule has 188 valence electrons. The molecule has 1 aliphatic heterocycles. The minimum atomic E-state index is -0.735. The van der Waals surface area contributed by atoms with Gasteiger partial charge in [0.05, 0.1) is 15.8 Å². The van der Waals surface area contributed by atoms with Gasteiger partial charge in [-0.05, 0) is 81.7 Å². The van der Waals surface area contributed by atoms with Crippen molar-refractivity contribution in [2.45, 2.75) is 6.61 Å². The van der Waals surface area contributed by atoms with Crippen LogP contribution < -0.4 is 14.5 Å². The van der Waals surface area contributed by atoms with E-state index in [1.165, 1.54) is 6.08 Å². The van der Waals surface area contributed by atoms with Crippen LogP contribution in [0.25, 0.3) is 6.08 Å². The zero-order valence-corrected chi connectivity index (χ0v) is 22.2. The maximum absolute atomic E-state index is 13.5. The molecule has 0 atom stereocenters. The standard InChI is InChI=1S/C30H20BrClN2O4/c31-26-18-21(13-16-27(26)38-19-20-11-14-22(32)15-12-20)17-25-28(35)33(23-7-3-1-4-8-23)30(37)34(29(25)36)24-9-5-2-6-10-24/h1-18H,19H2. The molecule has 4 amide bonds. The Bertz CT molecular complexity index is 1480. The molecule has 0 N–H and O–H groups in total. The van der Waals surface area contributed by atoms with Gasteiger partial charge in [-0.15, -0.1) is 0 Å². The number of imide groups is 2. The predicted molar refractivity (Wildman–Crippen MR) is 151 cm³/mol. The summed E-state index contributed by atoms with van der Waals surface area (Å²) in [5, 5.41) is 0.650. The van der Waals surface area contributed by atoms with Crippen LogP contribution in [0, 0.1) is 0 Å². The van der Waals surface area contributed by atoms with Crippen molar-refractivity contribution in [3.8, 4) is 5.75 Å². The third-order valence-corrected chi connectivity index (χ3v) is 6.72. The molecular formula is C30H20BrClN2O4. The first kappa shape index (κ1) is 25.4. The molecule has 0 radical (unpaired) electrons. The van der Waals surface area contributed by atoms with E-state index in [2.05, 4.69) is 15.9 Å². The Hall–Kier alpha value is -4.20. The fourth-order valence-electron chi connectivity index (χ4n) is 3.97. The lowest BCUT2D eigenvalue weighted by molar-refractivity contribution is -0.121. The van der Waals surface area contributed by atoms with E-state index in [-0.39, 0.29) is 5.57 Å². The Labute approximate surface area is 232 Å². The lowest BCUT2D eigenvalue weighted by Crippen LogP contribution is -2.57. The number of urea groups is 1. The average Bonchev–Trinajstić information content (AvgIpc) is 2.93. The number of anilines is 2. The second-order valence-corrected chi connectivity index (χ2v) is 9.69. The quantitative estimate of drug-likeness (QED) is 0.176. The summed E-state index contributed by atoms with van der Waals surface area (Å²) in [5.41, 5.74) is 2.14. The van der Waals surface area contributed by atoms with E-state index in [0.29, 0.717) is 38.8 Å². The molecule has 38 heavy (non-hydrogen) atoms. The van der Waals surface area contributed by atoms with Crippen LogP contribution in [-0.2, 0) is 16.2 Å². The molecule has 0 unspecified atom stereocenters. The normalized spacial score (nSPS) is 13.6. The highest BCUT2D eigenvalue weighted by Crippen LogP contribution is 2.32. The van der Waals surface area contributed by atoms with Gasteiger partial charge < -0.3 is 4.74 Å². The van der Waals surface area contributed by atoms with Gasteiger partial charge in [-0.1, -0.05) is 66.2 Å². The monoisotopic (exact) mass is 586 g/mol. The number of hydrogen-bond donors (Lipinski definition) is 0. The third-order valence-electron chi connectivity index (χ3n) is 5.85. The molecule has 1 aliphatic rings. The number of barbiturate groups is 1. The van der Waals surface area contributed by atoms with Crippen LogP contribution >= 0.6 is 27.5 Å². The fraction of sp³-hybridized carbons (Fsp3) is 0.0333. The number of hydrogen-bond acceptors (Lipinski definition) is 4. The number of carbonyl (C=O) groups excluding carboxylic acids is 3. The molecule has 1 heterocycles. The minimum absolute atomic E-state index is 0.140. The van der Waals surface area contributed by atoms with Crippen LogP contribution in [0.15, 0.2) is 113 Å². The highest BCUT2D eigenvalue weighted by Gasteiger charge is 2.43. The first-order valence-corrected chi connectivity index (χ1v) is 12.8. The predicted octanol–water partition coefficient (Wildman–Crippen LogP) is 7.26. The second-order valence-electron chi connectivity index (χ2n) is 8.40. The van der Waals surface area contributed by atoms with E-state index in [1.807, 2.05) is 12.1 Å². The van der Waals surface area contributed by atoms with Crippen LogP contribution in [0.3, 0.4) is 0 Å². The molecule has 0 bridgehead atoms. The van der Waals surface area contributed by atoms with Crippen LogP contribution in [-0.4, -0.2) is 17.8 Å². The van der Waals surface area contributed by atoms with Gasteiger partial charge in [0.1, 0.15) is 17.9 Å². The Morgan fingerprint density at radius 3 is 1.82 bits per heavy atom. The Balaban J connectivity index is 1.47. The zero-order valence-electron chi connectivity index (χ0n) is 19.9. The van der Waals surface area contributed by atoms with Gasteiger partial charge in [0.25, 0.3) is 11.8 Å². The SMILES string of the molecule is O=C1C(=Cc2ccc(OCc3ccc(Cl)cc3)c(Br)c2)C(=O)N(c2ccccc2)C(=O)N1c1ccccc1. The van der Waals surface area contributed by atoms with Crippen LogP contribution in [0.2, 0.25) is 5.02 Å². The number of nitrogens with zero attached hydrogens (tertiary/aromatic N) is 2. The Kier molecular flexibility index (Phi) is 7.40. The summed E-state index contributed by atoms with van der Waals surface area (Å²) in [4.78, 5) is 42.4. The molecule has 0 spiro atoms. The van der Waals surface area contributed by atoms with Crippen molar-refractivity contribution in [3.05, 3.63) is 129 Å². The third kappa shape index (κ3) is 5.25. The van der Waals surface area contributed by atoms with E-state index in [1.54, 1.807) is 91.0 Å². The molecule has 0 saturated carbocycles. The van der Waals surface area contributed by atoms with Crippen molar-refractivity contribution in [1.82, 2.24) is 0 Å². The molecular weight excluding hydrogens is 568 g/mol. The molecule has 1 saturated heterocycles. The van der Waals surface area contributed by atoms with Crippen molar-refractivity contribution >= 4 is 62.8 Å². The van der Waals surface area contributed by atoms with Crippen LogP contribution in [0.5, 0.6) is 5.75 Å². The van der Waals surface area contributed by atoms with Gasteiger partial charge in [-0.2, -0.15) is 0 Å². The van der Waals surface area contributed by atoms with E-state index in [0.717, 1.165) is 15.4 Å². The molecule has 8 heteroatoms. The number of ether oxygens (including phenoxy) is 1. The lowest BCUT2D eigenvalue weighted by atomic mass is 10.0. The van der Waals surface area contributed by atoms with Crippen molar-refractivity contribution < 1.29 is 19.1 Å². The van der Waals surface area contributed by atoms with Crippen molar-refractivity contribution in [2.75, 3.05) is 9.80 Å². The number of para-hydroxylation sites is 2. The van der Waals surface area contributed by atoms with Gasteiger partial charge >= 0.3 is 6.03 Å². The first-order valence-electron chi connectivity index (χ1n) is 11.6. The van der Waals surface area contributed by atoms with E-state index < -0.39 is 17.8 Å². The van der Waals surface area contributed by atoms with Gasteiger partial charge in [0, 0.05) is 5.02 Å². The van der Waals surface area contributed by atoms with Gasteiger partial charge in [-0.3, -0.25) is 9.59 Å². The smallest absolute Gasteiger partial charge is 0.343 e. The highest BCUT2D eigenvalue weighted by molar-refractivity contribution is 9.10. The van der Waals surface area contributed by atoms with Crippen LogP contribution in [0.4, 0.5) is 16.2 Å². The first-order chi connectivity index (χ1) is 18.4. The zero-order chi connectivity index (χ0) is 26.6. The molecule has 4 aromatic carbocycles. The highest BCUT2D eigenvalue weighted by atomic mass is 79.9. The maximum Gasteiger partial charge on any atom is 0.343 e. The summed E-state index contributed by atoms with van der Waals surface area (Å²) in [6.45, 7) is 0.341. The summed E-state index contributed by atoms with van der Waals surface area (Å²) in [7, 11) is 0. The average molecular weight is 588 g/mol. The van der Waals surface area contributed by atoms with Crippen molar-refractivity contribution in [3.63, 3.8) is 0 Å². The summed E-state index contributed by atoms with van der Waals surface area (Å²) in [6.07, 6.45) is 1.48. The fourth-order valence-corrected chi connectivity index (χ4v) is 4.61. The number of carbonyl (C=O) groups is 3. The minimum Gasteiger partial charge on any atom is -0.488 e. The lowest BCUT2D eigenvalue weighted by Gasteiger charge is -2.33. The van der Waals surface area contributed by atoms with E-state index in [9.17, 15) is 14.4 Å². The number of amides is 4. The van der Waals surface area contributed by atoms with Crippen LogP contribution in [0.1, 0.15) is 11.1 Å². The number of benzene rings is 4. The topological polar surface area (TPSA) is 66.9 Å². The summed E-state index contributed by atoms with van der Waals surface area (Å²) < 4.78 is 6.55. The molecule has 0 aromatic heterocycles. The summed E-state index contributed by atoms with van der Waals surface area (Å²) >= 11 is 9.46. The molecule has 5 rings (SSSR count). The van der Waals surface area contributed by atoms with E-state index in [4.69, 9.17) is 16.3 Å². The van der Waals surface area contributed by atoms with Gasteiger partial charge in [0.2, 0.25) is 0 Å². The molecule has 6 nitrogen and oxygen atoms in total. The number of rotatable bonds is 6. The summed E-state index contributed by atoms with van der Waals surface area (Å²) in [6, 6.07) is 28.9. The second kappa shape index (κ2) is 11.0. The maximum atomic E-state index is 13.5. The van der Waals surface area contributed by atoms with E-state index >= 15 is 0 Å². The Morgan fingerprint density at radius 2 is 1.29 bits per heavy atom. The Morgan fingerprint density at radius 1 is 0.737 bits per heavy atom. The molecule has 1 fully saturated rings. The largest absolute Gasteiger partial charge is 0.488 e. The van der Waals surface area contributed by atoms with Gasteiger partial charge in [0.15, 0.2) is 0 Å². The van der Waals surface area contributed by atoms with Crippen molar-refractivity contribution in [1.29, 1.82) is 0 Å². The molecule has 0 aliphatic carbocycles. The molecule has 4 aromatic rings. The van der Waals surface area contributed by atoms with Gasteiger partial charge in [-0.25, -0.2) is 14.6 Å². The summed E-state index contributed by atoms with van der Waals surface area (Å²) in [5.74, 6) is -0.800. The van der Waals surface area contributed by atoms with Crippen molar-refractivity contribution in [2.24, 2.45) is 0 Å².